The first kappa shape index (κ1) is 16.1. The first-order valence-electron chi connectivity index (χ1n) is 6.08. The Hall–Kier alpha value is -0.300. The Bertz CT molecular complexity index is 619. The van der Waals surface area contributed by atoms with Gasteiger partial charge in [0.05, 0.1) is 6.61 Å². The van der Waals surface area contributed by atoms with Gasteiger partial charge in [0.2, 0.25) is 0 Å². The zero-order valence-corrected chi connectivity index (χ0v) is 15.2. The van der Waals surface area contributed by atoms with Crippen molar-refractivity contribution in [3.05, 3.63) is 60.6 Å². The third kappa shape index (κ3) is 3.67. The molecule has 1 N–H and O–H groups in total. The van der Waals surface area contributed by atoms with Crippen LogP contribution in [0, 0.1) is 3.57 Å². The smallest absolute Gasteiger partial charge is 0.120 e. The molecule has 2 aromatic carbocycles. The van der Waals surface area contributed by atoms with Crippen molar-refractivity contribution >= 4 is 50.1 Å². The molecule has 0 radical (unpaired) electrons. The second-order valence-corrected chi connectivity index (χ2v) is 6.64. The molecule has 1 atom stereocenters. The Balaban J connectivity index is 2.38. The first-order chi connectivity index (χ1) is 9.52. The van der Waals surface area contributed by atoms with Crippen molar-refractivity contribution in [2.24, 2.45) is 0 Å². The van der Waals surface area contributed by atoms with Crippen LogP contribution in [0.5, 0.6) is 5.75 Å². The second kappa shape index (κ2) is 7.11. The van der Waals surface area contributed by atoms with E-state index in [1.807, 2.05) is 37.3 Å². The average Bonchev–Trinajstić information content (AvgIpc) is 2.41. The van der Waals surface area contributed by atoms with E-state index >= 15 is 0 Å². The van der Waals surface area contributed by atoms with E-state index in [1.165, 1.54) is 0 Å². The summed E-state index contributed by atoms with van der Waals surface area (Å²) in [5.41, 5.74) is 1.58. The van der Waals surface area contributed by atoms with Gasteiger partial charge < -0.3 is 9.84 Å². The van der Waals surface area contributed by atoms with Crippen molar-refractivity contribution in [3.63, 3.8) is 0 Å². The van der Waals surface area contributed by atoms with Crippen LogP contribution < -0.4 is 4.74 Å². The van der Waals surface area contributed by atoms with Crippen molar-refractivity contribution in [1.29, 1.82) is 0 Å². The summed E-state index contributed by atoms with van der Waals surface area (Å²) in [5.74, 6) is 0.774. The molecule has 0 heterocycles. The molecule has 0 amide bonds. The van der Waals surface area contributed by atoms with Gasteiger partial charge in [0, 0.05) is 13.1 Å². The van der Waals surface area contributed by atoms with Crippen molar-refractivity contribution in [3.8, 4) is 5.75 Å². The van der Waals surface area contributed by atoms with Gasteiger partial charge >= 0.3 is 0 Å². The number of aliphatic hydroxyl groups is 1. The molecule has 0 aliphatic heterocycles. The van der Waals surface area contributed by atoms with Gasteiger partial charge in [0.1, 0.15) is 11.9 Å². The molecule has 0 saturated carbocycles. The van der Waals surface area contributed by atoms with E-state index in [1.54, 1.807) is 6.07 Å². The molecular formula is C15H13BrClIO2. The van der Waals surface area contributed by atoms with Crippen LogP contribution in [0.4, 0.5) is 0 Å². The molecule has 2 nitrogen and oxygen atoms in total. The molecule has 2 aromatic rings. The SMILES string of the molecule is CCOc1ccc(C(O)c2cc(Cl)ccc2I)c(Br)c1. The first-order valence-corrected chi connectivity index (χ1v) is 8.33. The highest BCUT2D eigenvalue weighted by Crippen LogP contribution is 2.34. The Morgan fingerprint density at radius 3 is 2.65 bits per heavy atom. The number of aliphatic hydroxyl groups excluding tert-OH is 1. The fourth-order valence-electron chi connectivity index (χ4n) is 1.88. The van der Waals surface area contributed by atoms with Gasteiger partial charge in [0.15, 0.2) is 0 Å². The third-order valence-electron chi connectivity index (χ3n) is 2.83. The van der Waals surface area contributed by atoms with Crippen LogP contribution in [0.15, 0.2) is 40.9 Å². The molecule has 2 rings (SSSR count). The number of hydrogen-bond acceptors (Lipinski definition) is 2. The van der Waals surface area contributed by atoms with Crippen LogP contribution in [0.3, 0.4) is 0 Å². The summed E-state index contributed by atoms with van der Waals surface area (Å²) < 4.78 is 7.22. The van der Waals surface area contributed by atoms with Crippen LogP contribution in [0.25, 0.3) is 0 Å². The number of hydrogen-bond donors (Lipinski definition) is 1. The molecular weight excluding hydrogens is 454 g/mol. The van der Waals surface area contributed by atoms with Crippen LogP contribution in [0.2, 0.25) is 5.02 Å². The lowest BCUT2D eigenvalue weighted by Gasteiger charge is -2.16. The summed E-state index contributed by atoms with van der Waals surface area (Å²) in [5, 5.41) is 11.2. The third-order valence-corrected chi connectivity index (χ3v) is 4.73. The summed E-state index contributed by atoms with van der Waals surface area (Å²) in [6, 6.07) is 11.1. The van der Waals surface area contributed by atoms with Gasteiger partial charge in [-0.15, -0.1) is 0 Å². The second-order valence-electron chi connectivity index (χ2n) is 4.18. The minimum absolute atomic E-state index is 0.612. The normalized spacial score (nSPS) is 12.2. The van der Waals surface area contributed by atoms with Crippen LogP contribution in [-0.2, 0) is 0 Å². The molecule has 0 aliphatic carbocycles. The zero-order valence-electron chi connectivity index (χ0n) is 10.7. The Kier molecular flexibility index (Phi) is 5.72. The number of halogens is 3. The van der Waals surface area contributed by atoms with Gasteiger partial charge in [0.25, 0.3) is 0 Å². The topological polar surface area (TPSA) is 29.5 Å². The molecule has 0 saturated heterocycles. The molecule has 106 valence electrons. The van der Waals surface area contributed by atoms with E-state index in [-0.39, 0.29) is 0 Å². The van der Waals surface area contributed by atoms with E-state index in [4.69, 9.17) is 16.3 Å². The van der Waals surface area contributed by atoms with Crippen LogP contribution >= 0.6 is 50.1 Å². The largest absolute Gasteiger partial charge is 0.494 e. The zero-order chi connectivity index (χ0) is 14.7. The predicted molar refractivity (Wildman–Crippen MR) is 93.5 cm³/mol. The molecule has 0 aromatic heterocycles. The minimum atomic E-state index is -0.731. The Morgan fingerprint density at radius 2 is 2.00 bits per heavy atom. The van der Waals surface area contributed by atoms with Gasteiger partial charge in [-0.2, -0.15) is 0 Å². The maximum atomic E-state index is 10.6. The molecule has 20 heavy (non-hydrogen) atoms. The number of benzene rings is 2. The monoisotopic (exact) mass is 466 g/mol. The summed E-state index contributed by atoms with van der Waals surface area (Å²) in [4.78, 5) is 0. The quantitative estimate of drug-likeness (QED) is 0.628. The molecule has 0 aliphatic rings. The number of rotatable bonds is 4. The van der Waals surface area contributed by atoms with Gasteiger partial charge in [-0.05, 0) is 71.0 Å². The lowest BCUT2D eigenvalue weighted by molar-refractivity contribution is 0.218. The van der Waals surface area contributed by atoms with Crippen molar-refractivity contribution in [2.75, 3.05) is 6.61 Å². The van der Waals surface area contributed by atoms with Crippen molar-refractivity contribution < 1.29 is 9.84 Å². The van der Waals surface area contributed by atoms with Crippen LogP contribution in [0.1, 0.15) is 24.2 Å². The standard InChI is InChI=1S/C15H13BrClIO2/c1-2-20-10-4-5-11(13(16)8-10)15(19)12-7-9(17)3-6-14(12)18/h3-8,15,19H,2H2,1H3. The van der Waals surface area contributed by atoms with E-state index < -0.39 is 6.10 Å². The fraction of sp³-hybridized carbons (Fsp3) is 0.200. The number of ether oxygens (including phenoxy) is 1. The van der Waals surface area contributed by atoms with Gasteiger partial charge in [-0.1, -0.05) is 33.6 Å². The molecule has 0 bridgehead atoms. The predicted octanol–water partition coefficient (Wildman–Crippen LogP) is 5.19. The van der Waals surface area contributed by atoms with E-state index in [2.05, 4.69) is 38.5 Å². The lowest BCUT2D eigenvalue weighted by Crippen LogP contribution is -2.03. The van der Waals surface area contributed by atoms with Gasteiger partial charge in [-0.25, -0.2) is 0 Å². The Labute approximate surface area is 145 Å². The maximum Gasteiger partial charge on any atom is 0.120 e. The highest BCUT2D eigenvalue weighted by molar-refractivity contribution is 14.1. The summed E-state index contributed by atoms with van der Waals surface area (Å²) in [7, 11) is 0. The molecule has 5 heteroatoms. The summed E-state index contributed by atoms with van der Waals surface area (Å²) in [6.45, 7) is 2.55. The molecule has 0 fully saturated rings. The van der Waals surface area contributed by atoms with Gasteiger partial charge in [-0.3, -0.25) is 0 Å². The summed E-state index contributed by atoms with van der Waals surface area (Å²) >= 11 is 11.7. The van der Waals surface area contributed by atoms with E-state index in [0.717, 1.165) is 24.9 Å². The molecule has 1 unspecified atom stereocenters. The van der Waals surface area contributed by atoms with Crippen molar-refractivity contribution in [2.45, 2.75) is 13.0 Å². The highest BCUT2D eigenvalue weighted by Gasteiger charge is 2.17. The van der Waals surface area contributed by atoms with E-state index in [0.29, 0.717) is 11.6 Å². The van der Waals surface area contributed by atoms with Crippen LogP contribution in [-0.4, -0.2) is 11.7 Å². The summed E-state index contributed by atoms with van der Waals surface area (Å²) in [6.07, 6.45) is -0.731. The van der Waals surface area contributed by atoms with Crippen molar-refractivity contribution in [1.82, 2.24) is 0 Å². The molecule has 0 spiro atoms. The average molecular weight is 468 g/mol. The fourth-order valence-corrected chi connectivity index (χ4v) is 3.26. The maximum absolute atomic E-state index is 10.6. The van der Waals surface area contributed by atoms with E-state index in [9.17, 15) is 5.11 Å². The Morgan fingerprint density at radius 1 is 1.25 bits per heavy atom. The lowest BCUT2D eigenvalue weighted by atomic mass is 10.0. The highest BCUT2D eigenvalue weighted by atomic mass is 127. The minimum Gasteiger partial charge on any atom is -0.494 e.